The van der Waals surface area contributed by atoms with Crippen LogP contribution in [0.2, 0.25) is 10.0 Å². The third-order valence-corrected chi connectivity index (χ3v) is 4.18. The summed E-state index contributed by atoms with van der Waals surface area (Å²) in [7, 11) is -0.854. The Balaban J connectivity index is 3.42. The summed E-state index contributed by atoms with van der Waals surface area (Å²) in [5.41, 5.74) is 0. The van der Waals surface area contributed by atoms with Gasteiger partial charge in [-0.2, -0.15) is 0 Å². The van der Waals surface area contributed by atoms with Crippen LogP contribution in [0.5, 0.6) is 0 Å². The molecule has 0 aliphatic heterocycles. The highest BCUT2D eigenvalue weighted by Gasteiger charge is 2.09. The van der Waals surface area contributed by atoms with E-state index in [1.807, 2.05) is 0 Å². The number of nitrogens with zero attached hydrogens (tertiary/aromatic N) is 1. The van der Waals surface area contributed by atoms with Gasteiger partial charge >= 0.3 is 0 Å². The summed E-state index contributed by atoms with van der Waals surface area (Å²) in [5, 5.41) is 0.922. The van der Waals surface area contributed by atoms with Crippen LogP contribution in [0.1, 0.15) is 0 Å². The maximum atomic E-state index is 11.8. The fourth-order valence-corrected chi connectivity index (χ4v) is 2.66. The smallest absolute Gasteiger partial charge is 0.0735 e. The second-order valence-electron chi connectivity index (χ2n) is 2.56. The van der Waals surface area contributed by atoms with Crippen LogP contribution in [-0.4, -0.2) is 17.5 Å². The molecule has 5 heteroatoms. The fraction of sp³-hybridized carbons (Fsp3) is 0.250. The Morgan fingerprint density at radius 2 is 2.00 bits per heavy atom. The van der Waals surface area contributed by atoms with E-state index < -0.39 is 9.73 Å². The molecular weight excluding hydrogens is 229 g/mol. The van der Waals surface area contributed by atoms with Gasteiger partial charge in [0.15, 0.2) is 0 Å². The molecule has 0 fully saturated rings. The fourth-order valence-electron chi connectivity index (χ4n) is 0.881. The van der Waals surface area contributed by atoms with E-state index in [2.05, 4.69) is 4.36 Å². The molecule has 0 aliphatic rings. The molecule has 13 heavy (non-hydrogen) atoms. The lowest BCUT2D eigenvalue weighted by atomic mass is 10.4. The first-order valence-electron chi connectivity index (χ1n) is 3.52. The Hall–Kier alpha value is -0.250. The van der Waals surface area contributed by atoms with Gasteiger partial charge in [0, 0.05) is 18.3 Å². The van der Waals surface area contributed by atoms with E-state index in [0.29, 0.717) is 14.9 Å². The molecule has 0 bridgehead atoms. The molecule has 0 saturated heterocycles. The lowest BCUT2D eigenvalue weighted by molar-refractivity contribution is 0.680. The Morgan fingerprint density at radius 3 is 2.46 bits per heavy atom. The first kappa shape index (κ1) is 10.8. The predicted molar refractivity (Wildman–Crippen MR) is 57.1 cm³/mol. The summed E-state index contributed by atoms with van der Waals surface area (Å²) in [6, 6.07) is 4.85. The van der Waals surface area contributed by atoms with Crippen molar-refractivity contribution in [3.05, 3.63) is 28.2 Å². The lowest BCUT2D eigenvalue weighted by Gasteiger charge is -2.05. The molecule has 1 atom stereocenters. The average Bonchev–Trinajstić information content (AvgIpc) is 2.03. The number of benzene rings is 1. The molecule has 1 aromatic carbocycles. The standard InChI is InChI=1S/C8H9Cl2NOS/c1-11-13(2,12)8-4-3-6(9)5-7(8)10/h3-5H,1-2H3. The minimum atomic E-state index is -2.36. The van der Waals surface area contributed by atoms with Crippen molar-refractivity contribution in [1.29, 1.82) is 0 Å². The van der Waals surface area contributed by atoms with E-state index in [9.17, 15) is 4.21 Å². The van der Waals surface area contributed by atoms with Crippen molar-refractivity contribution in [3.63, 3.8) is 0 Å². The molecule has 0 aliphatic carbocycles. The summed E-state index contributed by atoms with van der Waals surface area (Å²) in [4.78, 5) is 0.529. The lowest BCUT2D eigenvalue weighted by Crippen LogP contribution is -1.97. The Kier molecular flexibility index (Phi) is 3.22. The van der Waals surface area contributed by atoms with Crippen molar-refractivity contribution < 1.29 is 4.21 Å². The minimum Gasteiger partial charge on any atom is -0.245 e. The van der Waals surface area contributed by atoms with Gasteiger partial charge in [0.1, 0.15) is 0 Å². The summed E-state index contributed by atoms with van der Waals surface area (Å²) in [5.74, 6) is 0. The normalized spacial score (nSPS) is 15.1. The third-order valence-electron chi connectivity index (χ3n) is 1.65. The molecule has 0 amide bonds. The largest absolute Gasteiger partial charge is 0.245 e. The first-order chi connectivity index (χ1) is 5.97. The monoisotopic (exact) mass is 237 g/mol. The molecule has 1 rings (SSSR count). The molecule has 72 valence electrons. The van der Waals surface area contributed by atoms with Gasteiger partial charge in [-0.25, -0.2) is 8.57 Å². The summed E-state index contributed by atoms with van der Waals surface area (Å²) in [6.45, 7) is 0. The van der Waals surface area contributed by atoms with Crippen molar-refractivity contribution in [2.75, 3.05) is 13.3 Å². The van der Waals surface area contributed by atoms with Gasteiger partial charge in [-0.1, -0.05) is 23.2 Å². The van der Waals surface area contributed by atoms with Gasteiger partial charge in [0.2, 0.25) is 0 Å². The van der Waals surface area contributed by atoms with Crippen molar-refractivity contribution in [3.8, 4) is 0 Å². The highest BCUT2D eigenvalue weighted by atomic mass is 35.5. The van der Waals surface area contributed by atoms with Crippen LogP contribution in [0.15, 0.2) is 27.5 Å². The SMILES string of the molecule is CN=S(C)(=O)c1ccc(Cl)cc1Cl. The number of hydrogen-bond acceptors (Lipinski definition) is 2. The van der Waals surface area contributed by atoms with E-state index in [1.54, 1.807) is 24.5 Å². The van der Waals surface area contributed by atoms with Crippen molar-refractivity contribution in [1.82, 2.24) is 0 Å². The highest BCUT2D eigenvalue weighted by molar-refractivity contribution is 7.93. The highest BCUT2D eigenvalue weighted by Crippen LogP contribution is 2.25. The van der Waals surface area contributed by atoms with Gasteiger partial charge < -0.3 is 0 Å². The molecule has 0 saturated carbocycles. The number of hydrogen-bond donors (Lipinski definition) is 0. The molecule has 0 aromatic heterocycles. The maximum Gasteiger partial charge on any atom is 0.0735 e. The average molecular weight is 238 g/mol. The van der Waals surface area contributed by atoms with Crippen LogP contribution in [0.4, 0.5) is 0 Å². The molecule has 0 spiro atoms. The number of rotatable bonds is 1. The van der Waals surface area contributed by atoms with Gasteiger partial charge in [-0.05, 0) is 18.2 Å². The van der Waals surface area contributed by atoms with Gasteiger partial charge in [0.25, 0.3) is 0 Å². The molecule has 0 N–H and O–H groups in total. The summed E-state index contributed by atoms with van der Waals surface area (Å²) in [6.07, 6.45) is 1.54. The van der Waals surface area contributed by atoms with Crippen molar-refractivity contribution in [2.24, 2.45) is 4.36 Å². The third kappa shape index (κ3) is 2.36. The zero-order chi connectivity index (χ0) is 10.1. The molecule has 1 unspecified atom stereocenters. The first-order valence-corrected chi connectivity index (χ1v) is 6.20. The molecule has 2 nitrogen and oxygen atoms in total. The molecule has 0 heterocycles. The van der Waals surface area contributed by atoms with Crippen LogP contribution < -0.4 is 0 Å². The van der Waals surface area contributed by atoms with Gasteiger partial charge in [-0.3, -0.25) is 0 Å². The van der Waals surface area contributed by atoms with E-state index in [0.717, 1.165) is 0 Å². The molecule has 0 radical (unpaired) electrons. The van der Waals surface area contributed by atoms with E-state index in [4.69, 9.17) is 23.2 Å². The van der Waals surface area contributed by atoms with E-state index >= 15 is 0 Å². The van der Waals surface area contributed by atoms with Crippen LogP contribution in [-0.2, 0) is 9.73 Å². The van der Waals surface area contributed by atoms with Crippen LogP contribution in [0, 0.1) is 0 Å². The van der Waals surface area contributed by atoms with Crippen LogP contribution in [0.3, 0.4) is 0 Å². The maximum absolute atomic E-state index is 11.8. The number of halogens is 2. The Bertz CT molecular complexity index is 436. The van der Waals surface area contributed by atoms with Gasteiger partial charge in [-0.15, -0.1) is 0 Å². The summed E-state index contributed by atoms with van der Waals surface area (Å²) >= 11 is 11.6. The Morgan fingerprint density at radius 1 is 1.38 bits per heavy atom. The van der Waals surface area contributed by atoms with Crippen molar-refractivity contribution in [2.45, 2.75) is 4.90 Å². The topological polar surface area (TPSA) is 29.4 Å². The molecule has 1 aromatic rings. The van der Waals surface area contributed by atoms with Gasteiger partial charge in [0.05, 0.1) is 19.6 Å². The van der Waals surface area contributed by atoms with E-state index in [1.165, 1.54) is 7.05 Å². The summed E-state index contributed by atoms with van der Waals surface area (Å²) < 4.78 is 15.6. The van der Waals surface area contributed by atoms with Crippen LogP contribution in [0.25, 0.3) is 0 Å². The second-order valence-corrected chi connectivity index (χ2v) is 5.81. The zero-order valence-corrected chi connectivity index (χ0v) is 9.58. The quantitative estimate of drug-likeness (QED) is 0.739. The van der Waals surface area contributed by atoms with E-state index in [-0.39, 0.29) is 0 Å². The second kappa shape index (κ2) is 3.86. The molecular formula is C8H9Cl2NOS. The van der Waals surface area contributed by atoms with Crippen LogP contribution >= 0.6 is 23.2 Å². The minimum absolute atomic E-state index is 0.394. The Labute approximate surface area is 88.0 Å². The zero-order valence-electron chi connectivity index (χ0n) is 7.25. The predicted octanol–water partition coefficient (Wildman–Crippen LogP) is 3.08. The van der Waals surface area contributed by atoms with Crippen molar-refractivity contribution >= 4 is 32.9 Å².